The monoisotopic (exact) mass is 370 g/mol. The van der Waals surface area contributed by atoms with Gasteiger partial charge in [0.15, 0.2) is 0 Å². The summed E-state index contributed by atoms with van der Waals surface area (Å²) in [6, 6.07) is 21.6. The third kappa shape index (κ3) is 3.26. The Hall–Kier alpha value is -1.84. The maximum Gasteiger partial charge on any atom is 0.222 e. The van der Waals surface area contributed by atoms with Crippen molar-refractivity contribution in [1.82, 2.24) is 10.2 Å². The van der Waals surface area contributed by atoms with Crippen LogP contribution in [0.2, 0.25) is 0 Å². The van der Waals surface area contributed by atoms with E-state index in [9.17, 15) is 4.79 Å². The Morgan fingerprint density at radius 1 is 0.885 bits per heavy atom. The minimum Gasteiger partial charge on any atom is -0.352 e. The van der Waals surface area contributed by atoms with E-state index in [0.29, 0.717) is 18.3 Å². The summed E-state index contributed by atoms with van der Waals surface area (Å²) in [6.07, 6.45) is 2.64. The lowest BCUT2D eigenvalue weighted by molar-refractivity contribution is -0.122. The highest BCUT2D eigenvalue weighted by molar-refractivity contribution is 5.85. The second kappa shape index (κ2) is 7.42. The van der Waals surface area contributed by atoms with E-state index in [2.05, 4.69) is 85.0 Å². The minimum atomic E-state index is -0.0852. The van der Waals surface area contributed by atoms with Crippen LogP contribution in [0.1, 0.15) is 42.2 Å². The predicted molar refractivity (Wildman–Crippen MR) is 108 cm³/mol. The molecule has 0 spiro atoms. The van der Waals surface area contributed by atoms with Crippen LogP contribution in [0.15, 0.2) is 60.7 Å². The molecule has 1 aliphatic carbocycles. The van der Waals surface area contributed by atoms with E-state index in [4.69, 9.17) is 0 Å². The summed E-state index contributed by atoms with van der Waals surface area (Å²) in [5.74, 6) is 0.874. The van der Waals surface area contributed by atoms with Gasteiger partial charge >= 0.3 is 0 Å². The zero-order valence-corrected chi connectivity index (χ0v) is 16.2. The first-order valence-electron chi connectivity index (χ1n) is 9.16. The molecule has 2 bridgehead atoms. The molecule has 1 saturated carbocycles. The van der Waals surface area contributed by atoms with Crippen molar-refractivity contribution in [3.8, 4) is 0 Å². The summed E-state index contributed by atoms with van der Waals surface area (Å²) in [5.41, 5.74) is 2.58. The zero-order valence-electron chi connectivity index (χ0n) is 15.4. The maximum atomic E-state index is 12.7. The van der Waals surface area contributed by atoms with Crippen LogP contribution in [0.5, 0.6) is 0 Å². The quantitative estimate of drug-likeness (QED) is 0.886. The standard InChI is InChI=1S/C22H26N2O.ClH/c1-24(2)22-13-18(16-9-5-3-6-10-16)21(23-20(25)15-22)19(14-22)17-11-7-4-8-12-17;/h3-12,18-19,21H,13-15H2,1-2H3,(H,23,25);1H. The molecule has 2 saturated heterocycles. The number of halogens is 1. The Morgan fingerprint density at radius 2 is 1.35 bits per heavy atom. The molecule has 3 aliphatic rings. The lowest BCUT2D eigenvalue weighted by Gasteiger charge is -2.49. The molecule has 1 N–H and O–H groups in total. The van der Waals surface area contributed by atoms with Gasteiger partial charge in [-0.1, -0.05) is 60.7 Å². The third-order valence-corrected chi connectivity index (χ3v) is 6.29. The van der Waals surface area contributed by atoms with Crippen LogP contribution in [-0.2, 0) is 4.79 Å². The zero-order chi connectivity index (χ0) is 17.4. The molecule has 3 nitrogen and oxygen atoms in total. The van der Waals surface area contributed by atoms with E-state index >= 15 is 0 Å². The van der Waals surface area contributed by atoms with Crippen molar-refractivity contribution >= 4 is 18.3 Å². The molecule has 2 atom stereocenters. The fraction of sp³-hybridized carbons (Fsp3) is 0.409. The van der Waals surface area contributed by atoms with E-state index in [1.807, 2.05) is 0 Å². The van der Waals surface area contributed by atoms with Crippen molar-refractivity contribution in [2.24, 2.45) is 0 Å². The molecular formula is C22H27ClN2O. The Kier molecular flexibility index (Phi) is 5.40. The fourth-order valence-corrected chi connectivity index (χ4v) is 4.89. The van der Waals surface area contributed by atoms with Gasteiger partial charge in [0, 0.05) is 29.8 Å². The molecule has 138 valence electrons. The van der Waals surface area contributed by atoms with Gasteiger partial charge in [-0.2, -0.15) is 0 Å². The predicted octanol–water partition coefficient (Wildman–Crippen LogP) is 3.96. The number of fused-ring (bicyclic) bond motifs is 4. The van der Waals surface area contributed by atoms with Crippen LogP contribution < -0.4 is 5.32 Å². The number of hydrogen-bond acceptors (Lipinski definition) is 2. The van der Waals surface area contributed by atoms with Gasteiger partial charge in [0.05, 0.1) is 0 Å². The number of rotatable bonds is 3. The van der Waals surface area contributed by atoms with Gasteiger partial charge in [-0.05, 0) is 38.1 Å². The summed E-state index contributed by atoms with van der Waals surface area (Å²) >= 11 is 0. The summed E-state index contributed by atoms with van der Waals surface area (Å²) in [7, 11) is 4.26. The van der Waals surface area contributed by atoms with Crippen molar-refractivity contribution in [3.05, 3.63) is 71.8 Å². The van der Waals surface area contributed by atoms with Crippen molar-refractivity contribution in [3.63, 3.8) is 0 Å². The van der Waals surface area contributed by atoms with Crippen molar-refractivity contribution in [1.29, 1.82) is 0 Å². The van der Waals surface area contributed by atoms with Crippen LogP contribution in [0.4, 0.5) is 0 Å². The summed E-state index contributed by atoms with van der Waals surface area (Å²) < 4.78 is 0. The molecule has 1 amide bonds. The first-order chi connectivity index (χ1) is 12.1. The number of carbonyl (C=O) groups excluding carboxylic acids is 1. The summed E-state index contributed by atoms with van der Waals surface area (Å²) in [5, 5.41) is 3.38. The number of carbonyl (C=O) groups is 1. The van der Waals surface area contributed by atoms with E-state index in [1.165, 1.54) is 11.1 Å². The first kappa shape index (κ1) is 18.9. The van der Waals surface area contributed by atoms with Crippen molar-refractivity contribution in [2.45, 2.75) is 42.7 Å². The number of nitrogens with one attached hydrogen (secondary N) is 1. The number of nitrogens with zero attached hydrogens (tertiary/aromatic N) is 1. The van der Waals surface area contributed by atoms with Gasteiger partial charge in [-0.25, -0.2) is 0 Å². The van der Waals surface area contributed by atoms with Crippen LogP contribution in [0.25, 0.3) is 0 Å². The lowest BCUT2D eigenvalue weighted by Crippen LogP contribution is -2.52. The van der Waals surface area contributed by atoms with E-state index < -0.39 is 0 Å². The highest BCUT2D eigenvalue weighted by atomic mass is 35.5. The topological polar surface area (TPSA) is 32.3 Å². The largest absolute Gasteiger partial charge is 0.352 e. The second-order valence-corrected chi connectivity index (χ2v) is 7.83. The van der Waals surface area contributed by atoms with Gasteiger partial charge < -0.3 is 10.2 Å². The van der Waals surface area contributed by atoms with Gasteiger partial charge in [-0.15, -0.1) is 12.4 Å². The molecule has 2 aromatic carbocycles. The Balaban J connectivity index is 0.00000196. The first-order valence-corrected chi connectivity index (χ1v) is 9.16. The Bertz CT molecular complexity index is 698. The van der Waals surface area contributed by atoms with E-state index in [0.717, 1.165) is 12.8 Å². The van der Waals surface area contributed by atoms with Gasteiger partial charge in [0.1, 0.15) is 0 Å². The average molecular weight is 371 g/mol. The van der Waals surface area contributed by atoms with Gasteiger partial charge in [0.2, 0.25) is 5.91 Å². The summed E-state index contributed by atoms with van der Waals surface area (Å²) in [6.45, 7) is 0. The van der Waals surface area contributed by atoms with Crippen molar-refractivity contribution in [2.75, 3.05) is 14.1 Å². The Labute approximate surface area is 162 Å². The third-order valence-electron chi connectivity index (χ3n) is 6.29. The van der Waals surface area contributed by atoms with Gasteiger partial charge in [-0.3, -0.25) is 4.79 Å². The number of benzene rings is 2. The molecule has 2 aliphatic heterocycles. The SMILES string of the molecule is CN(C)C12CC(=O)NC(C(c3ccccc3)C1)C(c1ccccc1)C2.Cl. The molecule has 4 heteroatoms. The van der Waals surface area contributed by atoms with Crippen LogP contribution in [0.3, 0.4) is 0 Å². The van der Waals surface area contributed by atoms with Crippen LogP contribution in [-0.4, -0.2) is 36.5 Å². The molecule has 0 aromatic heterocycles. The normalized spacial score (nSPS) is 30.4. The maximum absolute atomic E-state index is 12.7. The molecule has 0 radical (unpaired) electrons. The molecule has 2 unspecified atom stereocenters. The van der Waals surface area contributed by atoms with E-state index in [-0.39, 0.29) is 29.9 Å². The molecular weight excluding hydrogens is 344 g/mol. The lowest BCUT2D eigenvalue weighted by atomic mass is 9.64. The van der Waals surface area contributed by atoms with Crippen molar-refractivity contribution < 1.29 is 4.79 Å². The average Bonchev–Trinajstić information content (AvgIpc) is 2.88. The van der Waals surface area contributed by atoms with Crippen LogP contribution in [0, 0.1) is 0 Å². The highest BCUT2D eigenvalue weighted by Gasteiger charge is 2.52. The number of amides is 1. The molecule has 26 heavy (non-hydrogen) atoms. The molecule has 2 heterocycles. The summed E-state index contributed by atoms with van der Waals surface area (Å²) in [4.78, 5) is 15.0. The Morgan fingerprint density at radius 3 is 1.77 bits per heavy atom. The second-order valence-electron chi connectivity index (χ2n) is 7.83. The molecule has 2 aromatic rings. The number of hydrogen-bond donors (Lipinski definition) is 1. The fourth-order valence-electron chi connectivity index (χ4n) is 4.89. The van der Waals surface area contributed by atoms with E-state index in [1.54, 1.807) is 0 Å². The minimum absolute atomic E-state index is 0. The molecule has 5 rings (SSSR count). The van der Waals surface area contributed by atoms with Gasteiger partial charge in [0.25, 0.3) is 0 Å². The van der Waals surface area contributed by atoms with Crippen LogP contribution >= 0.6 is 12.4 Å². The smallest absolute Gasteiger partial charge is 0.222 e. The molecule has 3 fully saturated rings. The highest BCUT2D eigenvalue weighted by Crippen LogP contribution is 2.51.